The molecule has 0 spiro atoms. The van der Waals surface area contributed by atoms with Crippen LogP contribution in [0.2, 0.25) is 0 Å². The van der Waals surface area contributed by atoms with E-state index in [9.17, 15) is 22.0 Å². The van der Waals surface area contributed by atoms with Crippen LogP contribution in [0, 0.1) is 5.92 Å². The number of nitrogens with zero attached hydrogens (tertiary/aromatic N) is 1. The molecule has 0 N–H and O–H groups in total. The van der Waals surface area contributed by atoms with Gasteiger partial charge in [-0.05, 0) is 30.4 Å². The average Bonchev–Trinajstić information content (AvgIpc) is 3.00. The Balaban J connectivity index is 2.42. The second-order valence-corrected chi connectivity index (χ2v) is 4.16. The third-order valence-corrected chi connectivity index (χ3v) is 2.90. The van der Waals surface area contributed by atoms with Crippen LogP contribution in [0.3, 0.4) is 0 Å². The molecule has 1 aromatic rings. The van der Waals surface area contributed by atoms with E-state index in [1.54, 1.807) is 0 Å². The lowest BCUT2D eigenvalue weighted by molar-refractivity contribution is -0.155. The van der Waals surface area contributed by atoms with Crippen molar-refractivity contribution in [2.24, 2.45) is 5.92 Å². The van der Waals surface area contributed by atoms with Crippen molar-refractivity contribution in [1.29, 1.82) is 0 Å². The molecule has 1 atom stereocenters. The zero-order valence-electron chi connectivity index (χ0n) is 8.72. The van der Waals surface area contributed by atoms with Crippen LogP contribution < -0.4 is 0 Å². The Labute approximate surface area is 94.7 Å². The average molecular weight is 251 g/mol. The highest BCUT2D eigenvalue weighted by Gasteiger charge is 2.50. The number of rotatable bonds is 3. The van der Waals surface area contributed by atoms with Crippen LogP contribution in [0.25, 0.3) is 0 Å². The zero-order valence-corrected chi connectivity index (χ0v) is 8.72. The minimum atomic E-state index is -4.49. The molecule has 0 amide bonds. The molecular formula is C11H10F5N. The van der Waals surface area contributed by atoms with Crippen molar-refractivity contribution in [1.82, 2.24) is 4.98 Å². The van der Waals surface area contributed by atoms with Crippen LogP contribution in [-0.4, -0.2) is 11.2 Å². The summed E-state index contributed by atoms with van der Waals surface area (Å²) in [6.07, 6.45) is -4.53. The quantitative estimate of drug-likeness (QED) is 0.738. The van der Waals surface area contributed by atoms with Gasteiger partial charge in [-0.1, -0.05) is 0 Å². The van der Waals surface area contributed by atoms with E-state index in [0.29, 0.717) is 12.8 Å². The first kappa shape index (κ1) is 12.3. The number of hydrogen-bond acceptors (Lipinski definition) is 1. The van der Waals surface area contributed by atoms with Crippen LogP contribution in [0.4, 0.5) is 22.0 Å². The van der Waals surface area contributed by atoms with Crippen molar-refractivity contribution in [3.05, 3.63) is 29.6 Å². The van der Waals surface area contributed by atoms with Crippen molar-refractivity contribution in [3.8, 4) is 0 Å². The summed E-state index contributed by atoms with van der Waals surface area (Å²) in [5.74, 6) is -2.38. The summed E-state index contributed by atoms with van der Waals surface area (Å²) in [5.41, 5.74) is -0.938. The molecule has 94 valence electrons. The topological polar surface area (TPSA) is 12.9 Å². The number of hydrogen-bond donors (Lipinski definition) is 0. The summed E-state index contributed by atoms with van der Waals surface area (Å²) in [7, 11) is 0. The van der Waals surface area contributed by atoms with Gasteiger partial charge in [-0.15, -0.1) is 0 Å². The number of aromatic nitrogens is 1. The van der Waals surface area contributed by atoms with Gasteiger partial charge in [0.15, 0.2) is 0 Å². The van der Waals surface area contributed by atoms with Gasteiger partial charge >= 0.3 is 6.18 Å². The summed E-state index contributed by atoms with van der Waals surface area (Å²) in [4.78, 5) is 3.54. The smallest absolute Gasteiger partial charge is 0.264 e. The van der Waals surface area contributed by atoms with E-state index in [0.717, 1.165) is 18.5 Å². The molecule has 1 fully saturated rings. The predicted octanol–water partition coefficient (Wildman–Crippen LogP) is 4.08. The van der Waals surface area contributed by atoms with Crippen molar-refractivity contribution in [2.75, 3.05) is 0 Å². The van der Waals surface area contributed by atoms with E-state index < -0.39 is 30.0 Å². The third-order valence-electron chi connectivity index (χ3n) is 2.90. The molecule has 0 aromatic carbocycles. The van der Waals surface area contributed by atoms with Crippen molar-refractivity contribution in [3.63, 3.8) is 0 Å². The second kappa shape index (κ2) is 4.23. The summed E-state index contributed by atoms with van der Waals surface area (Å²) >= 11 is 0. The predicted molar refractivity (Wildman–Crippen MR) is 50.7 cm³/mol. The lowest BCUT2D eigenvalue weighted by Gasteiger charge is -2.22. The molecule has 17 heavy (non-hydrogen) atoms. The highest BCUT2D eigenvalue weighted by atomic mass is 19.4. The molecule has 1 aromatic heterocycles. The van der Waals surface area contributed by atoms with Gasteiger partial charge < -0.3 is 0 Å². The number of pyridine rings is 1. The Morgan fingerprint density at radius 1 is 1.18 bits per heavy atom. The molecule has 1 saturated carbocycles. The molecule has 2 rings (SSSR count). The van der Waals surface area contributed by atoms with Crippen LogP contribution in [0.5, 0.6) is 0 Å². The van der Waals surface area contributed by atoms with E-state index in [1.807, 2.05) is 0 Å². The molecule has 6 heteroatoms. The molecule has 0 aliphatic heterocycles. The van der Waals surface area contributed by atoms with Crippen LogP contribution >= 0.6 is 0 Å². The van der Waals surface area contributed by atoms with Crippen LogP contribution in [0.15, 0.2) is 18.5 Å². The lowest BCUT2D eigenvalue weighted by atomic mass is 9.91. The number of halogens is 5. The SMILES string of the molecule is FC(F)c1ccncc1C(C1CC1)C(F)(F)F. The normalized spacial score (nSPS) is 18.5. The lowest BCUT2D eigenvalue weighted by Crippen LogP contribution is -2.24. The fourth-order valence-corrected chi connectivity index (χ4v) is 2.00. The molecule has 1 aliphatic carbocycles. The molecule has 0 saturated heterocycles. The highest BCUT2D eigenvalue weighted by molar-refractivity contribution is 5.31. The van der Waals surface area contributed by atoms with Gasteiger partial charge in [0, 0.05) is 18.0 Å². The fraction of sp³-hybridized carbons (Fsp3) is 0.545. The Kier molecular flexibility index (Phi) is 3.05. The Bertz CT molecular complexity index is 397. The van der Waals surface area contributed by atoms with Gasteiger partial charge in [-0.25, -0.2) is 8.78 Å². The second-order valence-electron chi connectivity index (χ2n) is 4.16. The maximum atomic E-state index is 12.9. The van der Waals surface area contributed by atoms with Crippen molar-refractivity contribution in [2.45, 2.75) is 31.4 Å². The first-order chi connectivity index (χ1) is 7.91. The maximum Gasteiger partial charge on any atom is 0.396 e. The van der Waals surface area contributed by atoms with Crippen molar-refractivity contribution < 1.29 is 22.0 Å². The first-order valence-electron chi connectivity index (χ1n) is 5.20. The molecule has 1 aliphatic rings. The summed E-state index contributed by atoms with van der Waals surface area (Å²) in [5, 5.41) is 0. The van der Waals surface area contributed by atoms with Crippen LogP contribution in [-0.2, 0) is 0 Å². The summed E-state index contributed by atoms with van der Waals surface area (Å²) in [6, 6.07) is 0.959. The van der Waals surface area contributed by atoms with Gasteiger partial charge in [0.25, 0.3) is 6.43 Å². The van der Waals surface area contributed by atoms with Gasteiger partial charge in [0.1, 0.15) is 0 Å². The Hall–Kier alpha value is -1.20. The molecule has 0 bridgehead atoms. The van der Waals surface area contributed by atoms with E-state index in [-0.39, 0.29) is 5.56 Å². The standard InChI is InChI=1S/C11H10F5N/c12-10(13)7-3-4-17-5-8(7)9(6-1-2-6)11(14,15)16/h3-6,9-10H,1-2H2. The van der Waals surface area contributed by atoms with Gasteiger partial charge in [-0.3, -0.25) is 4.98 Å². The van der Waals surface area contributed by atoms with Gasteiger partial charge in [0.2, 0.25) is 0 Å². The molecule has 1 unspecified atom stereocenters. The minimum Gasteiger partial charge on any atom is -0.264 e. The molecule has 1 heterocycles. The van der Waals surface area contributed by atoms with E-state index in [2.05, 4.69) is 4.98 Å². The van der Waals surface area contributed by atoms with Crippen LogP contribution in [0.1, 0.15) is 36.3 Å². The van der Waals surface area contributed by atoms with Gasteiger partial charge in [-0.2, -0.15) is 13.2 Å². The monoisotopic (exact) mass is 251 g/mol. The van der Waals surface area contributed by atoms with E-state index >= 15 is 0 Å². The largest absolute Gasteiger partial charge is 0.396 e. The number of alkyl halides is 5. The summed E-state index contributed by atoms with van der Waals surface area (Å²) < 4.78 is 63.9. The Morgan fingerprint density at radius 3 is 2.29 bits per heavy atom. The molecular weight excluding hydrogens is 241 g/mol. The van der Waals surface area contributed by atoms with Crippen molar-refractivity contribution >= 4 is 0 Å². The van der Waals surface area contributed by atoms with Gasteiger partial charge in [0.05, 0.1) is 5.92 Å². The molecule has 1 nitrogen and oxygen atoms in total. The Morgan fingerprint density at radius 2 is 1.82 bits per heavy atom. The first-order valence-corrected chi connectivity index (χ1v) is 5.20. The minimum absolute atomic E-state index is 0.377. The maximum absolute atomic E-state index is 12.9. The third kappa shape index (κ3) is 2.56. The fourth-order valence-electron chi connectivity index (χ4n) is 2.00. The highest BCUT2D eigenvalue weighted by Crippen LogP contribution is 2.52. The van der Waals surface area contributed by atoms with E-state index in [4.69, 9.17) is 0 Å². The van der Waals surface area contributed by atoms with E-state index in [1.165, 1.54) is 0 Å². The zero-order chi connectivity index (χ0) is 12.6. The molecule has 0 radical (unpaired) electrons. The summed E-state index contributed by atoms with van der Waals surface area (Å²) in [6.45, 7) is 0.